The molecule has 1 aliphatic carbocycles. The molecule has 1 N–H and O–H groups in total. The number of carbonyl (C=O) groups excluding carboxylic acids is 3. The lowest BCUT2D eigenvalue weighted by molar-refractivity contribution is -0.156. The fourth-order valence-electron chi connectivity index (χ4n) is 2.21. The van der Waals surface area contributed by atoms with Crippen molar-refractivity contribution >= 4 is 17.7 Å². The minimum Gasteiger partial charge on any atom is -0.319 e. The van der Waals surface area contributed by atoms with E-state index in [1.807, 2.05) is 13.8 Å². The molecule has 17 heavy (non-hydrogen) atoms. The van der Waals surface area contributed by atoms with E-state index < -0.39 is 17.4 Å². The summed E-state index contributed by atoms with van der Waals surface area (Å²) in [6.07, 6.45) is 0.828. The van der Waals surface area contributed by atoms with Crippen LogP contribution in [0, 0.1) is 11.3 Å². The van der Waals surface area contributed by atoms with Gasteiger partial charge in [0.25, 0.3) is 5.91 Å². The first-order chi connectivity index (χ1) is 7.66. The van der Waals surface area contributed by atoms with Gasteiger partial charge in [0.1, 0.15) is 12.1 Å². The lowest BCUT2D eigenvalue weighted by Crippen LogP contribution is -2.65. The fourth-order valence-corrected chi connectivity index (χ4v) is 2.21. The molecule has 0 radical (unpaired) electrons. The van der Waals surface area contributed by atoms with Crippen molar-refractivity contribution in [3.63, 3.8) is 0 Å². The molecule has 0 aromatic rings. The summed E-state index contributed by atoms with van der Waals surface area (Å²) < 4.78 is 0. The molecular weight excluding hydrogens is 220 g/mol. The van der Waals surface area contributed by atoms with Crippen molar-refractivity contribution in [3.8, 4) is 0 Å². The molecular formula is C12H18N2O3. The molecule has 0 aromatic heterocycles. The SMILES string of the molecule is CC1(C)CC1C(=O)N1CC(=O)NC(=O)C1(C)C. The quantitative estimate of drug-likeness (QED) is 0.668. The topological polar surface area (TPSA) is 66.5 Å². The summed E-state index contributed by atoms with van der Waals surface area (Å²) in [6.45, 7) is 7.36. The molecule has 0 aromatic carbocycles. The Morgan fingerprint density at radius 1 is 1.29 bits per heavy atom. The van der Waals surface area contributed by atoms with Crippen LogP contribution in [0.4, 0.5) is 0 Å². The van der Waals surface area contributed by atoms with Gasteiger partial charge in [-0.2, -0.15) is 0 Å². The van der Waals surface area contributed by atoms with Gasteiger partial charge in [0.15, 0.2) is 0 Å². The number of hydrogen-bond donors (Lipinski definition) is 1. The van der Waals surface area contributed by atoms with E-state index in [-0.39, 0.29) is 23.8 Å². The number of piperazine rings is 1. The Morgan fingerprint density at radius 2 is 1.82 bits per heavy atom. The highest BCUT2D eigenvalue weighted by Crippen LogP contribution is 2.53. The highest BCUT2D eigenvalue weighted by Gasteiger charge is 2.55. The van der Waals surface area contributed by atoms with Crippen LogP contribution in [0.5, 0.6) is 0 Å². The Morgan fingerprint density at radius 3 is 2.29 bits per heavy atom. The number of imide groups is 1. The van der Waals surface area contributed by atoms with Crippen LogP contribution in [-0.4, -0.2) is 34.7 Å². The first kappa shape index (κ1) is 12.1. The number of carbonyl (C=O) groups is 3. The van der Waals surface area contributed by atoms with E-state index in [1.54, 1.807) is 13.8 Å². The smallest absolute Gasteiger partial charge is 0.252 e. The summed E-state index contributed by atoms with van der Waals surface area (Å²) in [7, 11) is 0. The molecule has 2 fully saturated rings. The van der Waals surface area contributed by atoms with E-state index >= 15 is 0 Å². The van der Waals surface area contributed by atoms with Gasteiger partial charge in [-0.15, -0.1) is 0 Å². The van der Waals surface area contributed by atoms with Crippen molar-refractivity contribution in [1.29, 1.82) is 0 Å². The molecule has 3 amide bonds. The highest BCUT2D eigenvalue weighted by molar-refractivity contribution is 6.06. The third kappa shape index (κ3) is 1.83. The van der Waals surface area contributed by atoms with E-state index in [2.05, 4.69) is 5.32 Å². The Labute approximate surface area is 101 Å². The minimum atomic E-state index is -0.941. The third-order valence-corrected chi connectivity index (χ3v) is 3.86. The number of hydrogen-bond acceptors (Lipinski definition) is 3. The maximum Gasteiger partial charge on any atom is 0.252 e. The first-order valence-electron chi connectivity index (χ1n) is 5.82. The average molecular weight is 238 g/mol. The van der Waals surface area contributed by atoms with Gasteiger partial charge in [-0.25, -0.2) is 0 Å². The third-order valence-electron chi connectivity index (χ3n) is 3.86. The molecule has 1 atom stereocenters. The van der Waals surface area contributed by atoms with E-state index in [9.17, 15) is 14.4 Å². The standard InChI is InChI=1S/C12H18N2O3/c1-11(2)5-7(11)9(16)14-6-8(15)13-10(17)12(14,3)4/h7H,5-6H2,1-4H3,(H,13,15,17). The van der Waals surface area contributed by atoms with E-state index in [0.29, 0.717) is 0 Å². The summed E-state index contributed by atoms with van der Waals surface area (Å²) in [5.41, 5.74) is -0.937. The summed E-state index contributed by atoms with van der Waals surface area (Å²) in [6, 6.07) is 0. The molecule has 0 spiro atoms. The van der Waals surface area contributed by atoms with Crippen LogP contribution < -0.4 is 5.32 Å². The second-order valence-electron chi connectivity index (χ2n) is 6.11. The Kier molecular flexibility index (Phi) is 2.35. The van der Waals surface area contributed by atoms with Crippen LogP contribution in [-0.2, 0) is 14.4 Å². The Bertz CT molecular complexity index is 412. The maximum atomic E-state index is 12.3. The summed E-state index contributed by atoms with van der Waals surface area (Å²) in [4.78, 5) is 36.8. The lowest BCUT2D eigenvalue weighted by Gasteiger charge is -2.40. The predicted molar refractivity (Wildman–Crippen MR) is 60.8 cm³/mol. The minimum absolute atomic E-state index is 0.00410. The largest absolute Gasteiger partial charge is 0.319 e. The van der Waals surface area contributed by atoms with Crippen molar-refractivity contribution in [2.24, 2.45) is 11.3 Å². The van der Waals surface area contributed by atoms with Crippen LogP contribution in [0.2, 0.25) is 0 Å². The molecule has 1 saturated heterocycles. The van der Waals surface area contributed by atoms with Crippen LogP contribution in [0.3, 0.4) is 0 Å². The number of nitrogens with zero attached hydrogens (tertiary/aromatic N) is 1. The van der Waals surface area contributed by atoms with Crippen molar-refractivity contribution in [1.82, 2.24) is 10.2 Å². The average Bonchev–Trinajstić information content (AvgIpc) is 2.81. The van der Waals surface area contributed by atoms with Gasteiger partial charge < -0.3 is 4.90 Å². The van der Waals surface area contributed by atoms with Gasteiger partial charge in [0.05, 0.1) is 0 Å². The van der Waals surface area contributed by atoms with Gasteiger partial charge in [0, 0.05) is 5.92 Å². The predicted octanol–water partition coefficient (Wildman–Crippen LogP) is 0.296. The van der Waals surface area contributed by atoms with Gasteiger partial charge in [-0.1, -0.05) is 13.8 Å². The zero-order valence-electron chi connectivity index (χ0n) is 10.7. The van der Waals surface area contributed by atoms with Crippen molar-refractivity contribution in [2.45, 2.75) is 39.7 Å². The lowest BCUT2D eigenvalue weighted by atomic mass is 9.97. The monoisotopic (exact) mass is 238 g/mol. The zero-order chi connectivity index (χ0) is 13.0. The van der Waals surface area contributed by atoms with Gasteiger partial charge in [-0.3, -0.25) is 19.7 Å². The molecule has 2 aliphatic rings. The van der Waals surface area contributed by atoms with Crippen molar-refractivity contribution in [3.05, 3.63) is 0 Å². The molecule has 1 heterocycles. The van der Waals surface area contributed by atoms with Gasteiger partial charge in [-0.05, 0) is 25.7 Å². The van der Waals surface area contributed by atoms with E-state index in [0.717, 1.165) is 6.42 Å². The van der Waals surface area contributed by atoms with Crippen molar-refractivity contribution < 1.29 is 14.4 Å². The second kappa shape index (κ2) is 3.31. The fraction of sp³-hybridized carbons (Fsp3) is 0.750. The molecule has 5 heteroatoms. The first-order valence-corrected chi connectivity index (χ1v) is 5.82. The number of amides is 3. The van der Waals surface area contributed by atoms with E-state index in [4.69, 9.17) is 0 Å². The van der Waals surface area contributed by atoms with Crippen LogP contribution in [0.1, 0.15) is 34.1 Å². The molecule has 94 valence electrons. The molecule has 1 saturated carbocycles. The normalized spacial score (nSPS) is 29.9. The van der Waals surface area contributed by atoms with E-state index in [1.165, 1.54) is 4.90 Å². The number of rotatable bonds is 1. The molecule has 1 unspecified atom stereocenters. The second-order valence-corrected chi connectivity index (χ2v) is 6.11. The Hall–Kier alpha value is -1.39. The van der Waals surface area contributed by atoms with Crippen LogP contribution >= 0.6 is 0 Å². The van der Waals surface area contributed by atoms with Gasteiger partial charge >= 0.3 is 0 Å². The molecule has 5 nitrogen and oxygen atoms in total. The zero-order valence-corrected chi connectivity index (χ0v) is 10.7. The van der Waals surface area contributed by atoms with Gasteiger partial charge in [0.2, 0.25) is 11.8 Å². The highest BCUT2D eigenvalue weighted by atomic mass is 16.2. The summed E-state index contributed by atoms with van der Waals surface area (Å²) in [5, 5.41) is 2.26. The summed E-state index contributed by atoms with van der Waals surface area (Å²) in [5.74, 6) is -0.939. The van der Waals surface area contributed by atoms with Crippen LogP contribution in [0.25, 0.3) is 0 Å². The Balaban J connectivity index is 2.21. The molecule has 0 bridgehead atoms. The number of nitrogens with one attached hydrogen (secondary N) is 1. The summed E-state index contributed by atoms with van der Waals surface area (Å²) >= 11 is 0. The van der Waals surface area contributed by atoms with Crippen LogP contribution in [0.15, 0.2) is 0 Å². The molecule has 1 aliphatic heterocycles. The van der Waals surface area contributed by atoms with Crippen molar-refractivity contribution in [2.75, 3.05) is 6.54 Å². The maximum absolute atomic E-state index is 12.3. The molecule has 2 rings (SSSR count).